The number of benzene rings is 1. The average molecular weight is 428 g/mol. The molecule has 0 saturated heterocycles. The molecule has 10 heteroatoms. The summed E-state index contributed by atoms with van der Waals surface area (Å²) >= 11 is 1.36. The fraction of sp³-hybridized carbons (Fsp3) is 0.200. The number of anilines is 1. The maximum Gasteiger partial charge on any atom is 0.184 e. The lowest BCUT2D eigenvalue weighted by Crippen LogP contribution is -2.06. The highest BCUT2D eigenvalue weighted by atomic mass is 32.2. The molecule has 0 spiro atoms. The van der Waals surface area contributed by atoms with Crippen molar-refractivity contribution in [3.05, 3.63) is 66.1 Å². The second kappa shape index (κ2) is 9.04. The lowest BCUT2D eigenvalue weighted by molar-refractivity contribution is 0.421. The van der Waals surface area contributed by atoms with Crippen LogP contribution in [0.1, 0.15) is 18.9 Å². The zero-order chi connectivity index (χ0) is 20.9. The maximum absolute atomic E-state index is 14.2. The van der Waals surface area contributed by atoms with Crippen LogP contribution in [0.5, 0.6) is 0 Å². The van der Waals surface area contributed by atoms with Gasteiger partial charge in [0, 0.05) is 17.4 Å². The first-order valence-electron chi connectivity index (χ1n) is 9.28. The Kier molecular flexibility index (Phi) is 6.03. The second-order valence-corrected chi connectivity index (χ2v) is 7.29. The summed E-state index contributed by atoms with van der Waals surface area (Å²) in [7, 11) is 0. The molecule has 0 atom stereocenters. The number of halogens is 2. The highest BCUT2D eigenvalue weighted by Crippen LogP contribution is 2.26. The molecule has 4 aromatic rings. The van der Waals surface area contributed by atoms with Crippen molar-refractivity contribution in [1.82, 2.24) is 24.9 Å². The molecule has 4 rings (SSSR count). The van der Waals surface area contributed by atoms with Crippen LogP contribution in [-0.2, 0) is 6.54 Å². The van der Waals surface area contributed by atoms with Gasteiger partial charge in [0.1, 0.15) is 23.5 Å². The first-order valence-corrected chi connectivity index (χ1v) is 10.3. The van der Waals surface area contributed by atoms with Gasteiger partial charge in [0.2, 0.25) is 0 Å². The summed E-state index contributed by atoms with van der Waals surface area (Å²) < 4.78 is 37.7. The van der Waals surface area contributed by atoms with E-state index in [-0.39, 0.29) is 24.0 Å². The molecule has 1 N–H and O–H groups in total. The molecule has 0 aliphatic heterocycles. The molecular weight excluding hydrogens is 410 g/mol. The Bertz CT molecular complexity index is 1130. The Balaban J connectivity index is 1.71. The van der Waals surface area contributed by atoms with Crippen molar-refractivity contribution in [1.29, 1.82) is 0 Å². The van der Waals surface area contributed by atoms with Crippen molar-refractivity contribution in [2.75, 3.05) is 10.5 Å². The molecule has 1 aromatic carbocycles. The Hall–Kier alpha value is -3.27. The van der Waals surface area contributed by atoms with Gasteiger partial charge in [0.15, 0.2) is 17.5 Å². The van der Waals surface area contributed by atoms with Gasteiger partial charge in [-0.15, -0.1) is 0 Å². The summed E-state index contributed by atoms with van der Waals surface area (Å²) in [5.41, 5.74) is 2.01. The molecule has 3 heterocycles. The summed E-state index contributed by atoms with van der Waals surface area (Å²) in [5, 5.41) is 8.48. The predicted octanol–water partition coefficient (Wildman–Crippen LogP) is 4.79. The van der Waals surface area contributed by atoms with Crippen molar-refractivity contribution >= 4 is 17.8 Å². The van der Waals surface area contributed by atoms with Crippen molar-refractivity contribution in [2.24, 2.45) is 0 Å². The smallest absolute Gasteiger partial charge is 0.184 e. The van der Waals surface area contributed by atoms with Gasteiger partial charge in [-0.1, -0.05) is 42.2 Å². The van der Waals surface area contributed by atoms with Gasteiger partial charge < -0.3 is 9.25 Å². The highest BCUT2D eigenvalue weighted by molar-refractivity contribution is 8.00. The Morgan fingerprint density at radius 1 is 1.13 bits per heavy atom. The molecule has 0 unspecified atom stereocenters. The lowest BCUT2D eigenvalue weighted by atomic mass is 10.2. The van der Waals surface area contributed by atoms with Crippen molar-refractivity contribution in [3.63, 3.8) is 0 Å². The molecule has 30 heavy (non-hydrogen) atoms. The molecule has 0 fully saturated rings. The molecule has 154 valence electrons. The summed E-state index contributed by atoms with van der Waals surface area (Å²) in [6.07, 6.45) is 3.48. The van der Waals surface area contributed by atoms with Crippen LogP contribution in [0.3, 0.4) is 0 Å². The van der Waals surface area contributed by atoms with Crippen LogP contribution in [0.2, 0.25) is 0 Å². The Labute approximate surface area is 175 Å². The average Bonchev–Trinajstić information content (AvgIpc) is 3.41. The second-order valence-electron chi connectivity index (χ2n) is 6.39. The number of rotatable bonds is 8. The number of aromatic nitrogens is 5. The molecule has 0 saturated carbocycles. The molecule has 0 amide bonds. The quantitative estimate of drug-likeness (QED) is 0.319. The van der Waals surface area contributed by atoms with Crippen LogP contribution in [0.15, 0.2) is 53.4 Å². The molecule has 0 aliphatic rings. The molecule has 0 aliphatic carbocycles. The van der Waals surface area contributed by atoms with Gasteiger partial charge in [-0.3, -0.25) is 4.68 Å². The van der Waals surface area contributed by atoms with Crippen LogP contribution in [0.25, 0.3) is 22.9 Å². The molecule has 0 radical (unpaired) electrons. The first kappa shape index (κ1) is 20.0. The minimum Gasteiger partial charge on any atom is -0.364 e. The van der Waals surface area contributed by atoms with Crippen molar-refractivity contribution in [2.45, 2.75) is 19.9 Å². The largest absolute Gasteiger partial charge is 0.364 e. The lowest BCUT2D eigenvalue weighted by Gasteiger charge is -2.07. The predicted molar refractivity (Wildman–Crippen MR) is 111 cm³/mol. The van der Waals surface area contributed by atoms with Gasteiger partial charge in [-0.25, -0.2) is 18.7 Å². The normalized spacial score (nSPS) is 11.0. The number of hydrogen-bond donors (Lipinski definition) is 1. The number of hydrogen-bond acceptors (Lipinski definition) is 7. The van der Waals surface area contributed by atoms with Gasteiger partial charge >= 0.3 is 0 Å². The molecule has 0 bridgehead atoms. The van der Waals surface area contributed by atoms with E-state index >= 15 is 0 Å². The fourth-order valence-electron chi connectivity index (χ4n) is 2.77. The van der Waals surface area contributed by atoms with Crippen LogP contribution < -0.4 is 4.72 Å². The van der Waals surface area contributed by atoms with E-state index < -0.39 is 5.82 Å². The molecular formula is C20H18F2N6OS. The minimum atomic E-state index is -0.551. The van der Waals surface area contributed by atoms with E-state index in [0.717, 1.165) is 18.4 Å². The van der Waals surface area contributed by atoms with Crippen LogP contribution in [0, 0.1) is 11.6 Å². The number of nitrogens with one attached hydrogen (secondary N) is 1. The third-order valence-electron chi connectivity index (χ3n) is 4.21. The summed E-state index contributed by atoms with van der Waals surface area (Å²) in [6, 6.07) is 9.86. The van der Waals surface area contributed by atoms with Gasteiger partial charge in [-0.2, -0.15) is 5.10 Å². The zero-order valence-electron chi connectivity index (χ0n) is 16.0. The monoisotopic (exact) mass is 428 g/mol. The zero-order valence-corrected chi connectivity index (χ0v) is 16.9. The van der Waals surface area contributed by atoms with E-state index in [9.17, 15) is 8.78 Å². The van der Waals surface area contributed by atoms with Crippen molar-refractivity contribution < 1.29 is 13.3 Å². The molecule has 3 aromatic heterocycles. The van der Waals surface area contributed by atoms with Crippen LogP contribution in [-0.4, -0.2) is 30.7 Å². The summed E-state index contributed by atoms with van der Waals surface area (Å²) in [4.78, 5) is 8.33. The topological polar surface area (TPSA) is 81.7 Å². The Morgan fingerprint density at radius 2 is 2.00 bits per heavy atom. The fourth-order valence-corrected chi connectivity index (χ4v) is 3.36. The highest BCUT2D eigenvalue weighted by Gasteiger charge is 2.18. The van der Waals surface area contributed by atoms with Gasteiger partial charge in [0.25, 0.3) is 0 Å². The van der Waals surface area contributed by atoms with Gasteiger partial charge in [-0.05, 0) is 18.6 Å². The summed E-state index contributed by atoms with van der Waals surface area (Å²) in [6.45, 7) is 2.21. The van der Waals surface area contributed by atoms with E-state index in [1.54, 1.807) is 35.0 Å². The van der Waals surface area contributed by atoms with Gasteiger partial charge in [0.05, 0.1) is 18.4 Å². The Morgan fingerprint density at radius 3 is 2.77 bits per heavy atom. The van der Waals surface area contributed by atoms with Crippen molar-refractivity contribution in [3.8, 4) is 22.9 Å². The van der Waals surface area contributed by atoms with Crippen LogP contribution in [0.4, 0.5) is 14.6 Å². The van der Waals surface area contributed by atoms with E-state index in [1.807, 2.05) is 6.92 Å². The third-order valence-corrected chi connectivity index (χ3v) is 5.16. The standard InChI is InChI=1S/C20H18F2N6OS/c1-2-9-30-27-19-15(22)11-23-20(24-19)17-10-18(16-7-8-29-26-16)28(25-17)12-13-5-3-4-6-14(13)21/h3-8,10-11H,2,9,12H2,1H3,(H,23,24,27). The first-order chi connectivity index (χ1) is 14.7. The van der Waals surface area contributed by atoms with E-state index in [0.29, 0.717) is 22.6 Å². The third kappa shape index (κ3) is 4.33. The maximum atomic E-state index is 14.2. The van der Waals surface area contributed by atoms with E-state index in [2.05, 4.69) is 24.9 Å². The number of nitrogens with zero attached hydrogens (tertiary/aromatic N) is 5. The SMILES string of the molecule is CCCSNc1nc(-c2cc(-c3ccon3)n(Cc3ccccc3F)n2)ncc1F. The van der Waals surface area contributed by atoms with E-state index in [4.69, 9.17) is 4.52 Å². The summed E-state index contributed by atoms with van der Waals surface area (Å²) in [5.74, 6) is 0.257. The minimum absolute atomic E-state index is 0.0880. The molecule has 7 nitrogen and oxygen atoms in total. The van der Waals surface area contributed by atoms with Crippen LogP contribution >= 0.6 is 11.9 Å². The van der Waals surface area contributed by atoms with E-state index in [1.165, 1.54) is 24.3 Å².